The largest absolute Gasteiger partial charge is 0.406 e. The number of nitrogens with zero attached hydrogens (tertiary/aromatic N) is 2. The predicted octanol–water partition coefficient (Wildman–Crippen LogP) is 3.19. The summed E-state index contributed by atoms with van der Waals surface area (Å²) in [5, 5.41) is 2.90. The van der Waals surface area contributed by atoms with Gasteiger partial charge in [-0.1, -0.05) is 11.6 Å². The van der Waals surface area contributed by atoms with E-state index in [9.17, 15) is 18.0 Å². The number of pyridine rings is 1. The van der Waals surface area contributed by atoms with Crippen LogP contribution in [0.25, 0.3) is 0 Å². The number of anilines is 1. The number of alkyl halides is 3. The molecule has 0 aromatic carbocycles. The Morgan fingerprint density at radius 1 is 1.40 bits per heavy atom. The van der Waals surface area contributed by atoms with Crippen molar-refractivity contribution in [2.24, 2.45) is 0 Å². The van der Waals surface area contributed by atoms with Gasteiger partial charge in [0.05, 0.1) is 5.02 Å². The molecule has 0 saturated carbocycles. The van der Waals surface area contributed by atoms with Crippen molar-refractivity contribution < 1.29 is 18.0 Å². The molecule has 4 nitrogen and oxygen atoms in total. The van der Waals surface area contributed by atoms with E-state index in [1.54, 1.807) is 6.07 Å². The third-order valence-corrected chi connectivity index (χ3v) is 2.75. The highest BCUT2D eigenvalue weighted by atomic mass is 35.5. The monoisotopic (exact) mass is 309 g/mol. The highest BCUT2D eigenvalue weighted by molar-refractivity contribution is 6.33. The lowest BCUT2D eigenvalue weighted by Gasteiger charge is -2.22. The molecule has 1 amide bonds. The molecule has 0 bridgehead atoms. The highest BCUT2D eigenvalue weighted by Gasteiger charge is 2.33. The van der Waals surface area contributed by atoms with Crippen LogP contribution in [0.5, 0.6) is 0 Å². The molecule has 0 aliphatic carbocycles. The van der Waals surface area contributed by atoms with Gasteiger partial charge in [-0.2, -0.15) is 13.2 Å². The molecule has 0 fully saturated rings. The number of hydrogen-bond acceptors (Lipinski definition) is 3. The SMILES string of the molecule is CCNc1ccc(Cl)c(C(=O)N(CC)CC(F)(F)F)n1. The summed E-state index contributed by atoms with van der Waals surface area (Å²) in [5.41, 5.74) is -0.184. The molecule has 1 rings (SSSR count). The number of aromatic nitrogens is 1. The highest BCUT2D eigenvalue weighted by Crippen LogP contribution is 2.21. The van der Waals surface area contributed by atoms with Crippen LogP contribution in [-0.4, -0.2) is 41.6 Å². The summed E-state index contributed by atoms with van der Waals surface area (Å²) in [6, 6.07) is 2.99. The maximum atomic E-state index is 12.4. The Bertz CT molecular complexity index is 480. The van der Waals surface area contributed by atoms with E-state index < -0.39 is 18.6 Å². The number of carbonyl (C=O) groups is 1. The molecule has 1 aromatic rings. The first-order valence-corrected chi connectivity index (χ1v) is 6.42. The third-order valence-electron chi connectivity index (χ3n) is 2.45. The summed E-state index contributed by atoms with van der Waals surface area (Å²) in [5.74, 6) is -0.446. The lowest BCUT2D eigenvalue weighted by Crippen LogP contribution is -2.39. The Labute approximate surface area is 119 Å². The lowest BCUT2D eigenvalue weighted by atomic mass is 10.3. The second kappa shape index (κ2) is 6.78. The van der Waals surface area contributed by atoms with Gasteiger partial charge in [-0.05, 0) is 26.0 Å². The zero-order valence-electron chi connectivity index (χ0n) is 11.1. The second-order valence-electron chi connectivity index (χ2n) is 3.99. The van der Waals surface area contributed by atoms with Gasteiger partial charge in [0.1, 0.15) is 18.1 Å². The zero-order chi connectivity index (χ0) is 15.3. The van der Waals surface area contributed by atoms with Gasteiger partial charge in [-0.3, -0.25) is 4.79 Å². The number of carbonyl (C=O) groups excluding carboxylic acids is 1. The maximum absolute atomic E-state index is 12.4. The Balaban J connectivity index is 3.02. The van der Waals surface area contributed by atoms with Gasteiger partial charge < -0.3 is 10.2 Å². The second-order valence-corrected chi connectivity index (χ2v) is 4.40. The van der Waals surface area contributed by atoms with Crippen molar-refractivity contribution in [1.29, 1.82) is 0 Å². The standard InChI is InChI=1S/C12H15ClF3N3O/c1-3-17-9-6-5-8(13)10(18-9)11(20)19(4-2)7-12(14,15)16/h5-6H,3-4,7H2,1-2H3,(H,17,18). The van der Waals surface area contributed by atoms with E-state index in [1.165, 1.54) is 13.0 Å². The van der Waals surface area contributed by atoms with E-state index in [4.69, 9.17) is 11.6 Å². The first-order valence-electron chi connectivity index (χ1n) is 6.05. The van der Waals surface area contributed by atoms with Crippen LogP contribution in [0.2, 0.25) is 5.02 Å². The van der Waals surface area contributed by atoms with Gasteiger partial charge in [-0.15, -0.1) is 0 Å². The van der Waals surface area contributed by atoms with Crippen LogP contribution in [0.4, 0.5) is 19.0 Å². The van der Waals surface area contributed by atoms with Gasteiger partial charge in [0.25, 0.3) is 5.91 Å². The van der Waals surface area contributed by atoms with Crippen LogP contribution < -0.4 is 5.32 Å². The molecule has 0 spiro atoms. The molecule has 0 radical (unpaired) electrons. The van der Waals surface area contributed by atoms with Crippen molar-refractivity contribution in [3.63, 3.8) is 0 Å². The summed E-state index contributed by atoms with van der Waals surface area (Å²) in [4.78, 5) is 16.7. The Kier molecular flexibility index (Phi) is 5.62. The maximum Gasteiger partial charge on any atom is 0.406 e. The number of rotatable bonds is 5. The number of hydrogen-bond donors (Lipinski definition) is 1. The molecule has 0 aliphatic heterocycles. The van der Waals surface area contributed by atoms with Gasteiger partial charge in [0, 0.05) is 13.1 Å². The number of halogens is 4. The molecule has 112 valence electrons. The first kappa shape index (κ1) is 16.6. The van der Waals surface area contributed by atoms with E-state index in [1.807, 2.05) is 6.92 Å². The van der Waals surface area contributed by atoms with Crippen molar-refractivity contribution in [3.8, 4) is 0 Å². The normalized spacial score (nSPS) is 11.3. The fraction of sp³-hybridized carbons (Fsp3) is 0.500. The van der Waals surface area contributed by atoms with Crippen molar-refractivity contribution >= 4 is 23.3 Å². The van der Waals surface area contributed by atoms with Gasteiger partial charge in [-0.25, -0.2) is 4.98 Å². The minimum Gasteiger partial charge on any atom is -0.370 e. The molecule has 1 N–H and O–H groups in total. The van der Waals surface area contributed by atoms with Crippen LogP contribution in [0.3, 0.4) is 0 Å². The molecule has 0 saturated heterocycles. The van der Waals surface area contributed by atoms with E-state index in [0.717, 1.165) is 0 Å². The van der Waals surface area contributed by atoms with Crippen molar-refractivity contribution in [2.75, 3.05) is 25.0 Å². The fourth-order valence-electron chi connectivity index (χ4n) is 1.57. The van der Waals surface area contributed by atoms with Crippen LogP contribution >= 0.6 is 11.6 Å². The minimum atomic E-state index is -4.46. The third kappa shape index (κ3) is 4.56. The smallest absolute Gasteiger partial charge is 0.370 e. The van der Waals surface area contributed by atoms with E-state index in [-0.39, 0.29) is 17.3 Å². The van der Waals surface area contributed by atoms with Gasteiger partial charge in [0.2, 0.25) is 0 Å². The first-order chi connectivity index (χ1) is 9.28. The molecule has 8 heteroatoms. The zero-order valence-corrected chi connectivity index (χ0v) is 11.8. The fourth-order valence-corrected chi connectivity index (χ4v) is 1.75. The van der Waals surface area contributed by atoms with E-state index in [0.29, 0.717) is 17.3 Å². The molecule has 0 unspecified atom stereocenters. The summed E-state index contributed by atoms with van der Waals surface area (Å²) < 4.78 is 37.2. The van der Waals surface area contributed by atoms with Gasteiger partial charge >= 0.3 is 6.18 Å². The van der Waals surface area contributed by atoms with Crippen LogP contribution in [0.15, 0.2) is 12.1 Å². The molecule has 20 heavy (non-hydrogen) atoms. The Hall–Kier alpha value is -1.50. The summed E-state index contributed by atoms with van der Waals surface area (Å²) in [6.07, 6.45) is -4.46. The van der Waals surface area contributed by atoms with Crippen molar-refractivity contribution in [2.45, 2.75) is 20.0 Å². The summed E-state index contributed by atoms with van der Waals surface area (Å²) >= 11 is 5.84. The van der Waals surface area contributed by atoms with Crippen molar-refractivity contribution in [1.82, 2.24) is 9.88 Å². The van der Waals surface area contributed by atoms with Crippen LogP contribution in [-0.2, 0) is 0 Å². The van der Waals surface area contributed by atoms with Crippen LogP contribution in [0.1, 0.15) is 24.3 Å². The molecule has 1 heterocycles. The van der Waals surface area contributed by atoms with E-state index >= 15 is 0 Å². The number of nitrogens with one attached hydrogen (secondary N) is 1. The Morgan fingerprint density at radius 3 is 2.55 bits per heavy atom. The number of amides is 1. The Morgan fingerprint density at radius 2 is 2.05 bits per heavy atom. The molecular formula is C12H15ClF3N3O. The molecule has 0 aliphatic rings. The summed E-state index contributed by atoms with van der Waals surface area (Å²) in [7, 11) is 0. The average molecular weight is 310 g/mol. The van der Waals surface area contributed by atoms with Crippen LogP contribution in [0, 0.1) is 0 Å². The van der Waals surface area contributed by atoms with Crippen molar-refractivity contribution in [3.05, 3.63) is 22.8 Å². The molecule has 0 atom stereocenters. The molecule has 1 aromatic heterocycles. The topological polar surface area (TPSA) is 45.2 Å². The lowest BCUT2D eigenvalue weighted by molar-refractivity contribution is -0.140. The molecular weight excluding hydrogens is 295 g/mol. The van der Waals surface area contributed by atoms with E-state index in [2.05, 4.69) is 10.3 Å². The average Bonchev–Trinajstić information content (AvgIpc) is 2.36. The van der Waals surface area contributed by atoms with Gasteiger partial charge in [0.15, 0.2) is 0 Å². The quantitative estimate of drug-likeness (QED) is 0.908. The minimum absolute atomic E-state index is 0.0253. The predicted molar refractivity (Wildman–Crippen MR) is 71.0 cm³/mol. The summed E-state index contributed by atoms with van der Waals surface area (Å²) in [6.45, 7) is 2.46.